The monoisotopic (exact) mass is 359 g/mol. The number of quaternary nitrogens is 1. The van der Waals surface area contributed by atoms with E-state index < -0.39 is 27.8 Å². The molecular formula is C14H20FN4O4S+. The lowest BCUT2D eigenvalue weighted by atomic mass is 10.3. The summed E-state index contributed by atoms with van der Waals surface area (Å²) < 4.78 is 39.5. The number of urea groups is 1. The zero-order chi connectivity index (χ0) is 17.7. The summed E-state index contributed by atoms with van der Waals surface area (Å²) in [5, 5.41) is 4.45. The maximum absolute atomic E-state index is 13.2. The third-order valence-corrected chi connectivity index (χ3v) is 5.65. The Hall–Kier alpha value is -2.04. The lowest BCUT2D eigenvalue weighted by Crippen LogP contribution is -3.15. The number of hydrogen-bond acceptors (Lipinski definition) is 4. The molecule has 0 spiro atoms. The summed E-state index contributed by atoms with van der Waals surface area (Å²) in [7, 11) is -2.34. The number of carbonyl (C=O) groups is 2. The van der Waals surface area contributed by atoms with E-state index in [9.17, 15) is 22.4 Å². The van der Waals surface area contributed by atoms with Crippen molar-refractivity contribution in [3.63, 3.8) is 0 Å². The third kappa shape index (κ3) is 4.49. The van der Waals surface area contributed by atoms with Crippen LogP contribution in [0.5, 0.6) is 0 Å². The van der Waals surface area contributed by atoms with Crippen molar-refractivity contribution in [1.29, 1.82) is 0 Å². The minimum absolute atomic E-state index is 0.0803. The molecule has 0 radical (unpaired) electrons. The number of carbonyl (C=O) groups excluding carboxylic acids is 2. The molecule has 0 aliphatic carbocycles. The molecule has 1 heterocycles. The fourth-order valence-electron chi connectivity index (χ4n) is 2.46. The number of nitrogens with one attached hydrogen (secondary N) is 3. The first-order chi connectivity index (χ1) is 11.3. The minimum atomic E-state index is -3.74. The molecule has 0 saturated carbocycles. The zero-order valence-electron chi connectivity index (χ0n) is 13.2. The van der Waals surface area contributed by atoms with Crippen LogP contribution in [0, 0.1) is 5.82 Å². The van der Waals surface area contributed by atoms with Crippen LogP contribution in [0.2, 0.25) is 0 Å². The Labute approximate surface area is 139 Å². The van der Waals surface area contributed by atoms with Crippen LogP contribution in [0.25, 0.3) is 0 Å². The highest BCUT2D eigenvalue weighted by Crippen LogP contribution is 2.16. The quantitative estimate of drug-likeness (QED) is 0.589. The highest BCUT2D eigenvalue weighted by atomic mass is 32.2. The van der Waals surface area contributed by atoms with Crippen LogP contribution in [-0.2, 0) is 14.8 Å². The molecule has 1 aliphatic heterocycles. The van der Waals surface area contributed by atoms with E-state index in [0.717, 1.165) is 11.0 Å². The Balaban J connectivity index is 1.92. The lowest BCUT2D eigenvalue weighted by Gasteiger charge is -2.31. The van der Waals surface area contributed by atoms with Crippen LogP contribution in [0.1, 0.15) is 0 Å². The Morgan fingerprint density at radius 1 is 1.29 bits per heavy atom. The van der Waals surface area contributed by atoms with Gasteiger partial charge in [-0.25, -0.2) is 17.6 Å². The summed E-state index contributed by atoms with van der Waals surface area (Å²) in [6, 6.07) is 4.31. The number of sulfonamides is 1. The van der Waals surface area contributed by atoms with E-state index >= 15 is 0 Å². The van der Waals surface area contributed by atoms with Gasteiger partial charge in [0.25, 0.3) is 5.91 Å². The summed E-state index contributed by atoms with van der Waals surface area (Å²) in [4.78, 5) is 23.5. The van der Waals surface area contributed by atoms with E-state index in [0.29, 0.717) is 13.1 Å². The van der Waals surface area contributed by atoms with Crippen molar-refractivity contribution in [3.8, 4) is 0 Å². The number of rotatable bonds is 4. The molecule has 10 heteroatoms. The standard InChI is InChI=1S/C14H19FN4O4S/c1-16-14(21)17-13(20)10-18-5-7-19(8-6-18)24(22,23)12-4-2-3-11(15)9-12/h2-4,9H,5-8,10H2,1H3,(H2,16,17,20,21)/p+1. The highest BCUT2D eigenvalue weighted by molar-refractivity contribution is 7.89. The molecule has 8 nitrogen and oxygen atoms in total. The molecule has 0 bridgehead atoms. The number of nitrogens with zero attached hydrogens (tertiary/aromatic N) is 1. The molecule has 1 saturated heterocycles. The van der Waals surface area contributed by atoms with E-state index in [1.165, 1.54) is 29.6 Å². The highest BCUT2D eigenvalue weighted by Gasteiger charge is 2.31. The number of piperazine rings is 1. The molecule has 1 aromatic rings. The molecular weight excluding hydrogens is 339 g/mol. The summed E-state index contributed by atoms with van der Waals surface area (Å²) in [5.74, 6) is -1.03. The van der Waals surface area contributed by atoms with Crippen LogP contribution < -0.4 is 15.5 Å². The van der Waals surface area contributed by atoms with Gasteiger partial charge in [0, 0.05) is 7.05 Å². The zero-order valence-corrected chi connectivity index (χ0v) is 14.0. The largest absolute Gasteiger partial charge is 0.341 e. The minimum Gasteiger partial charge on any atom is -0.341 e. The Morgan fingerprint density at radius 3 is 2.54 bits per heavy atom. The van der Waals surface area contributed by atoms with Gasteiger partial charge in [0.15, 0.2) is 6.54 Å². The average Bonchev–Trinajstić information content (AvgIpc) is 2.55. The third-order valence-electron chi connectivity index (χ3n) is 3.75. The SMILES string of the molecule is CNC(=O)NC(=O)C[NH+]1CCN(S(=O)(=O)c2cccc(F)c2)CC1. The summed E-state index contributed by atoms with van der Waals surface area (Å²) in [5.41, 5.74) is 0. The van der Waals surface area contributed by atoms with Crippen molar-refractivity contribution in [3.05, 3.63) is 30.1 Å². The molecule has 2 rings (SSSR count). The van der Waals surface area contributed by atoms with Gasteiger partial charge in [-0.3, -0.25) is 10.1 Å². The molecule has 0 unspecified atom stereocenters. The van der Waals surface area contributed by atoms with Crippen molar-refractivity contribution < 1.29 is 27.3 Å². The van der Waals surface area contributed by atoms with Gasteiger partial charge < -0.3 is 10.2 Å². The van der Waals surface area contributed by atoms with Crippen molar-refractivity contribution >= 4 is 22.0 Å². The van der Waals surface area contributed by atoms with E-state index in [-0.39, 0.29) is 24.5 Å². The predicted octanol–water partition coefficient (Wildman–Crippen LogP) is -1.83. The van der Waals surface area contributed by atoms with Gasteiger partial charge in [0.05, 0.1) is 31.1 Å². The maximum Gasteiger partial charge on any atom is 0.321 e. The maximum atomic E-state index is 13.2. The lowest BCUT2D eigenvalue weighted by molar-refractivity contribution is -0.895. The summed E-state index contributed by atoms with van der Waals surface area (Å²) in [6.07, 6.45) is 0. The number of imide groups is 1. The molecule has 3 amide bonds. The Morgan fingerprint density at radius 2 is 1.96 bits per heavy atom. The van der Waals surface area contributed by atoms with Gasteiger partial charge in [-0.2, -0.15) is 4.31 Å². The number of hydrogen-bond donors (Lipinski definition) is 3. The van der Waals surface area contributed by atoms with Crippen molar-refractivity contribution in [2.24, 2.45) is 0 Å². The van der Waals surface area contributed by atoms with E-state index in [1.807, 2.05) is 0 Å². The fraction of sp³-hybridized carbons (Fsp3) is 0.429. The summed E-state index contributed by atoms with van der Waals surface area (Å²) in [6.45, 7) is 1.38. The Kier molecular flexibility index (Phi) is 5.86. The normalized spacial score (nSPS) is 16.6. The topological polar surface area (TPSA) is 100 Å². The van der Waals surface area contributed by atoms with Crippen molar-refractivity contribution in [2.45, 2.75) is 4.90 Å². The smallest absolute Gasteiger partial charge is 0.321 e. The molecule has 0 aromatic heterocycles. The van der Waals surface area contributed by atoms with Crippen LogP contribution >= 0.6 is 0 Å². The summed E-state index contributed by atoms with van der Waals surface area (Å²) >= 11 is 0. The Bertz CT molecular complexity index is 717. The second-order valence-electron chi connectivity index (χ2n) is 5.42. The van der Waals surface area contributed by atoms with Crippen LogP contribution in [0.15, 0.2) is 29.2 Å². The van der Waals surface area contributed by atoms with Gasteiger partial charge in [0.1, 0.15) is 5.82 Å². The van der Waals surface area contributed by atoms with Gasteiger partial charge in [0.2, 0.25) is 10.0 Å². The molecule has 3 N–H and O–H groups in total. The average molecular weight is 359 g/mol. The molecule has 24 heavy (non-hydrogen) atoms. The second kappa shape index (κ2) is 7.69. The number of benzene rings is 1. The number of halogens is 1. The molecule has 1 aromatic carbocycles. The first kappa shape index (κ1) is 18.3. The second-order valence-corrected chi connectivity index (χ2v) is 7.35. The van der Waals surface area contributed by atoms with E-state index in [2.05, 4.69) is 10.6 Å². The molecule has 1 fully saturated rings. The van der Waals surface area contributed by atoms with Crippen molar-refractivity contribution in [2.75, 3.05) is 39.8 Å². The van der Waals surface area contributed by atoms with E-state index in [4.69, 9.17) is 0 Å². The van der Waals surface area contributed by atoms with Crippen molar-refractivity contribution in [1.82, 2.24) is 14.9 Å². The number of amides is 3. The van der Waals surface area contributed by atoms with Crippen LogP contribution in [-0.4, -0.2) is 64.4 Å². The van der Waals surface area contributed by atoms with Crippen LogP contribution in [0.3, 0.4) is 0 Å². The van der Waals surface area contributed by atoms with Gasteiger partial charge >= 0.3 is 6.03 Å². The molecule has 132 valence electrons. The van der Waals surface area contributed by atoms with Gasteiger partial charge in [-0.1, -0.05) is 6.07 Å². The van der Waals surface area contributed by atoms with E-state index in [1.54, 1.807) is 0 Å². The van der Waals surface area contributed by atoms with Gasteiger partial charge in [-0.05, 0) is 18.2 Å². The van der Waals surface area contributed by atoms with Crippen LogP contribution in [0.4, 0.5) is 9.18 Å². The molecule has 0 atom stereocenters. The molecule has 1 aliphatic rings. The first-order valence-corrected chi connectivity index (χ1v) is 8.88. The predicted molar refractivity (Wildman–Crippen MR) is 83.3 cm³/mol. The fourth-order valence-corrected chi connectivity index (χ4v) is 3.93. The van der Waals surface area contributed by atoms with Gasteiger partial charge in [-0.15, -0.1) is 0 Å². The first-order valence-electron chi connectivity index (χ1n) is 7.44.